The van der Waals surface area contributed by atoms with Crippen LogP contribution in [0.4, 0.5) is 5.82 Å². The highest BCUT2D eigenvalue weighted by Gasteiger charge is 2.28. The van der Waals surface area contributed by atoms with Crippen LogP contribution in [0, 0.1) is 0 Å². The van der Waals surface area contributed by atoms with Crippen LogP contribution < -0.4 is 4.90 Å². The molecule has 1 saturated carbocycles. The maximum absolute atomic E-state index is 12.3. The van der Waals surface area contributed by atoms with E-state index in [4.69, 9.17) is 0 Å². The van der Waals surface area contributed by atoms with E-state index in [1.165, 1.54) is 12.8 Å². The molecular formula is C15H22N4O. The van der Waals surface area contributed by atoms with Gasteiger partial charge in [-0.25, -0.2) is 9.97 Å². The molecule has 1 aromatic heterocycles. The zero-order chi connectivity index (χ0) is 13.9. The minimum Gasteiger partial charge on any atom is -0.347 e. The summed E-state index contributed by atoms with van der Waals surface area (Å²) in [5.74, 6) is 2.63. The lowest BCUT2D eigenvalue weighted by Gasteiger charge is -2.22. The molecule has 1 aliphatic heterocycles. The first kappa shape index (κ1) is 13.3. The predicted octanol–water partition coefficient (Wildman–Crippen LogP) is 1.80. The van der Waals surface area contributed by atoms with E-state index in [2.05, 4.69) is 21.8 Å². The average Bonchev–Trinajstić information content (AvgIpc) is 3.29. The summed E-state index contributed by atoms with van der Waals surface area (Å²) in [7, 11) is 0. The van der Waals surface area contributed by atoms with Gasteiger partial charge in [0, 0.05) is 31.7 Å². The van der Waals surface area contributed by atoms with Gasteiger partial charge in [0.25, 0.3) is 0 Å². The van der Waals surface area contributed by atoms with Crippen molar-refractivity contribution in [2.24, 2.45) is 0 Å². The quantitative estimate of drug-likeness (QED) is 0.840. The van der Waals surface area contributed by atoms with Crippen molar-refractivity contribution in [2.75, 3.05) is 31.1 Å². The fraction of sp³-hybridized carbons (Fsp3) is 0.667. The topological polar surface area (TPSA) is 49.3 Å². The summed E-state index contributed by atoms with van der Waals surface area (Å²) in [6.07, 6.45) is 6.26. The highest BCUT2D eigenvalue weighted by Crippen LogP contribution is 2.38. The highest BCUT2D eigenvalue weighted by atomic mass is 16.2. The third kappa shape index (κ3) is 2.92. The molecule has 1 amide bonds. The Labute approximate surface area is 120 Å². The first-order chi connectivity index (χ1) is 9.78. The summed E-state index contributed by atoms with van der Waals surface area (Å²) in [5, 5.41) is 0. The normalized spacial score (nSPS) is 20.1. The van der Waals surface area contributed by atoms with Crippen LogP contribution in [0.15, 0.2) is 12.3 Å². The molecule has 0 N–H and O–H groups in total. The number of aromatic nitrogens is 2. The fourth-order valence-corrected chi connectivity index (χ4v) is 2.70. The van der Waals surface area contributed by atoms with Crippen LogP contribution in [-0.2, 0) is 4.79 Å². The third-order valence-corrected chi connectivity index (χ3v) is 3.95. The van der Waals surface area contributed by atoms with Gasteiger partial charge in [-0.15, -0.1) is 0 Å². The lowest BCUT2D eigenvalue weighted by Crippen LogP contribution is -2.37. The molecule has 5 heteroatoms. The molecule has 1 aliphatic carbocycles. The Morgan fingerprint density at radius 1 is 1.35 bits per heavy atom. The lowest BCUT2D eigenvalue weighted by atomic mass is 10.3. The molecule has 2 fully saturated rings. The number of anilines is 1. The van der Waals surface area contributed by atoms with Gasteiger partial charge in [0.1, 0.15) is 11.6 Å². The zero-order valence-electron chi connectivity index (χ0n) is 12.1. The van der Waals surface area contributed by atoms with Crippen LogP contribution in [0.25, 0.3) is 0 Å². The minimum absolute atomic E-state index is 0.218. The number of nitrogens with zero attached hydrogens (tertiary/aromatic N) is 4. The minimum atomic E-state index is 0.218. The molecule has 20 heavy (non-hydrogen) atoms. The van der Waals surface area contributed by atoms with Gasteiger partial charge >= 0.3 is 0 Å². The Kier molecular flexibility index (Phi) is 3.85. The van der Waals surface area contributed by atoms with Crippen molar-refractivity contribution < 1.29 is 4.79 Å². The summed E-state index contributed by atoms with van der Waals surface area (Å²) >= 11 is 0. The molecule has 0 spiro atoms. The molecule has 0 aromatic carbocycles. The third-order valence-electron chi connectivity index (χ3n) is 3.95. The van der Waals surface area contributed by atoms with E-state index >= 15 is 0 Å². The number of hydrogen-bond donors (Lipinski definition) is 0. The molecule has 0 radical (unpaired) electrons. The maximum Gasteiger partial charge on any atom is 0.242 e. The monoisotopic (exact) mass is 274 g/mol. The zero-order valence-corrected chi connectivity index (χ0v) is 12.1. The van der Waals surface area contributed by atoms with Crippen LogP contribution in [0.5, 0.6) is 0 Å². The Morgan fingerprint density at radius 3 is 2.95 bits per heavy atom. The lowest BCUT2D eigenvalue weighted by molar-refractivity contribution is -0.129. The van der Waals surface area contributed by atoms with Crippen molar-refractivity contribution in [3.8, 4) is 0 Å². The summed E-state index contributed by atoms with van der Waals surface area (Å²) < 4.78 is 0. The van der Waals surface area contributed by atoms with Crippen molar-refractivity contribution in [3.05, 3.63) is 18.1 Å². The number of carbonyl (C=O) groups is 1. The summed E-state index contributed by atoms with van der Waals surface area (Å²) in [6.45, 7) is 5.18. The van der Waals surface area contributed by atoms with Crippen molar-refractivity contribution in [2.45, 2.75) is 38.5 Å². The van der Waals surface area contributed by atoms with Crippen LogP contribution in [0.3, 0.4) is 0 Å². The van der Waals surface area contributed by atoms with E-state index in [1.807, 2.05) is 17.2 Å². The van der Waals surface area contributed by atoms with Crippen LogP contribution in [0.2, 0.25) is 0 Å². The Hall–Kier alpha value is -1.65. The molecular weight excluding hydrogens is 252 g/mol. The summed E-state index contributed by atoms with van der Waals surface area (Å²) in [4.78, 5) is 25.3. The van der Waals surface area contributed by atoms with E-state index in [0.29, 0.717) is 12.5 Å². The number of carbonyl (C=O) groups excluding carboxylic acids is 1. The number of hydrogen-bond acceptors (Lipinski definition) is 4. The molecule has 108 valence electrons. The van der Waals surface area contributed by atoms with Gasteiger partial charge in [0.05, 0.1) is 6.54 Å². The standard InChI is InChI=1S/C15H22N4O/c1-2-8-18-9-3-10-19(11-14(18)20)13-6-7-16-15(17-13)12-4-5-12/h6-7,12H,2-5,8-11H2,1H3. The highest BCUT2D eigenvalue weighted by molar-refractivity contribution is 5.81. The molecule has 1 saturated heterocycles. The summed E-state index contributed by atoms with van der Waals surface area (Å²) in [5.41, 5.74) is 0. The number of rotatable bonds is 4. The second kappa shape index (κ2) is 5.77. The molecule has 2 aliphatic rings. The van der Waals surface area contributed by atoms with E-state index < -0.39 is 0 Å². The largest absolute Gasteiger partial charge is 0.347 e. The number of amides is 1. The van der Waals surface area contributed by atoms with Gasteiger partial charge in [-0.2, -0.15) is 0 Å². The van der Waals surface area contributed by atoms with E-state index in [-0.39, 0.29) is 5.91 Å². The smallest absolute Gasteiger partial charge is 0.242 e. The molecule has 3 rings (SSSR count). The van der Waals surface area contributed by atoms with Crippen molar-refractivity contribution in [1.29, 1.82) is 0 Å². The van der Waals surface area contributed by atoms with Crippen molar-refractivity contribution in [3.63, 3.8) is 0 Å². The van der Waals surface area contributed by atoms with Gasteiger partial charge in [-0.05, 0) is 31.7 Å². The van der Waals surface area contributed by atoms with Crippen LogP contribution in [0.1, 0.15) is 44.3 Å². The van der Waals surface area contributed by atoms with E-state index in [9.17, 15) is 4.79 Å². The molecule has 1 aromatic rings. The molecule has 0 atom stereocenters. The van der Waals surface area contributed by atoms with E-state index in [0.717, 1.165) is 44.1 Å². The Morgan fingerprint density at radius 2 is 2.20 bits per heavy atom. The molecule has 2 heterocycles. The first-order valence-electron chi connectivity index (χ1n) is 7.63. The fourth-order valence-electron chi connectivity index (χ4n) is 2.70. The predicted molar refractivity (Wildman–Crippen MR) is 77.7 cm³/mol. The Bertz CT molecular complexity index is 487. The van der Waals surface area contributed by atoms with Crippen LogP contribution in [-0.4, -0.2) is 47.0 Å². The summed E-state index contributed by atoms with van der Waals surface area (Å²) in [6, 6.07) is 1.93. The SMILES string of the molecule is CCCN1CCCN(c2ccnc(C3CC3)n2)CC1=O. The first-order valence-corrected chi connectivity index (χ1v) is 7.63. The second-order valence-electron chi connectivity index (χ2n) is 5.70. The average molecular weight is 274 g/mol. The van der Waals surface area contributed by atoms with Gasteiger partial charge < -0.3 is 9.80 Å². The van der Waals surface area contributed by atoms with Gasteiger partial charge in [0.2, 0.25) is 5.91 Å². The van der Waals surface area contributed by atoms with Gasteiger partial charge in [0.15, 0.2) is 0 Å². The van der Waals surface area contributed by atoms with Gasteiger partial charge in [-0.3, -0.25) is 4.79 Å². The molecule has 0 bridgehead atoms. The van der Waals surface area contributed by atoms with Gasteiger partial charge in [-0.1, -0.05) is 6.92 Å². The Balaban J connectivity index is 1.73. The molecule has 0 unspecified atom stereocenters. The maximum atomic E-state index is 12.3. The van der Waals surface area contributed by atoms with Crippen LogP contribution >= 0.6 is 0 Å². The molecule has 5 nitrogen and oxygen atoms in total. The van der Waals surface area contributed by atoms with Crippen molar-refractivity contribution >= 4 is 11.7 Å². The second-order valence-corrected chi connectivity index (χ2v) is 5.70. The van der Waals surface area contributed by atoms with E-state index in [1.54, 1.807) is 0 Å². The van der Waals surface area contributed by atoms with Crippen molar-refractivity contribution in [1.82, 2.24) is 14.9 Å².